The molecule has 1 saturated heterocycles. The van der Waals surface area contributed by atoms with E-state index in [0.717, 1.165) is 25.7 Å². The third-order valence-electron chi connectivity index (χ3n) is 4.67. The van der Waals surface area contributed by atoms with Crippen LogP contribution in [0.15, 0.2) is 24.3 Å². The van der Waals surface area contributed by atoms with Crippen LogP contribution < -0.4 is 4.72 Å². The minimum atomic E-state index is -3.42. The van der Waals surface area contributed by atoms with Crippen LogP contribution in [0, 0.1) is 0 Å². The number of nitrogens with one attached hydrogen (secondary N) is 1. The molecule has 1 N–H and O–H groups in total. The van der Waals surface area contributed by atoms with E-state index in [-0.39, 0.29) is 30.6 Å². The lowest BCUT2D eigenvalue weighted by Crippen LogP contribution is -2.60. The van der Waals surface area contributed by atoms with Gasteiger partial charge in [0.25, 0.3) is 12.3 Å². The Labute approximate surface area is 140 Å². The number of benzene rings is 1. The molecule has 2 fully saturated rings. The maximum absolute atomic E-state index is 12.5. The Morgan fingerprint density at radius 2 is 1.71 bits per heavy atom. The van der Waals surface area contributed by atoms with E-state index in [1.54, 1.807) is 0 Å². The Hall–Kier alpha value is -1.54. The van der Waals surface area contributed by atoms with E-state index in [2.05, 4.69) is 4.72 Å². The first kappa shape index (κ1) is 17.3. The molecule has 0 aromatic heterocycles. The third kappa shape index (κ3) is 3.59. The zero-order valence-electron chi connectivity index (χ0n) is 13.1. The van der Waals surface area contributed by atoms with E-state index in [9.17, 15) is 22.0 Å². The number of hydrogen-bond donors (Lipinski definition) is 1. The zero-order chi connectivity index (χ0) is 17.3. The highest BCUT2D eigenvalue weighted by Gasteiger charge is 2.41. The van der Waals surface area contributed by atoms with E-state index in [1.165, 1.54) is 29.2 Å². The Balaban J connectivity index is 1.56. The average molecular weight is 358 g/mol. The molecule has 132 valence electrons. The summed E-state index contributed by atoms with van der Waals surface area (Å²) in [4.78, 5) is 13.7. The first-order valence-electron chi connectivity index (χ1n) is 8.05. The number of carbonyl (C=O) groups excluding carboxylic acids is 1. The molecule has 0 radical (unpaired) electrons. The monoisotopic (exact) mass is 358 g/mol. The van der Waals surface area contributed by atoms with Gasteiger partial charge in [0.2, 0.25) is 10.0 Å². The summed E-state index contributed by atoms with van der Waals surface area (Å²) in [5.41, 5.74) is 0.148. The molecule has 1 aliphatic carbocycles. The third-order valence-corrected chi connectivity index (χ3v) is 6.51. The van der Waals surface area contributed by atoms with Gasteiger partial charge in [-0.1, -0.05) is 25.0 Å². The molecule has 0 bridgehead atoms. The first-order valence-corrected chi connectivity index (χ1v) is 9.60. The van der Waals surface area contributed by atoms with Gasteiger partial charge in [-0.15, -0.1) is 0 Å². The van der Waals surface area contributed by atoms with E-state index in [4.69, 9.17) is 0 Å². The van der Waals surface area contributed by atoms with Gasteiger partial charge in [0.1, 0.15) is 5.25 Å². The molecule has 0 atom stereocenters. The highest BCUT2D eigenvalue weighted by atomic mass is 32.2. The smallest absolute Gasteiger partial charge is 0.263 e. The molecule has 24 heavy (non-hydrogen) atoms. The van der Waals surface area contributed by atoms with Crippen LogP contribution in [0.2, 0.25) is 0 Å². The number of amides is 1. The van der Waals surface area contributed by atoms with Gasteiger partial charge in [0.05, 0.1) is 0 Å². The summed E-state index contributed by atoms with van der Waals surface area (Å²) in [6, 6.07) is 5.15. The van der Waals surface area contributed by atoms with Crippen LogP contribution in [0.25, 0.3) is 0 Å². The van der Waals surface area contributed by atoms with Gasteiger partial charge >= 0.3 is 0 Å². The van der Waals surface area contributed by atoms with Gasteiger partial charge in [-0.25, -0.2) is 21.9 Å². The number of hydrogen-bond acceptors (Lipinski definition) is 3. The predicted molar refractivity (Wildman–Crippen MR) is 85.4 cm³/mol. The summed E-state index contributed by atoms with van der Waals surface area (Å²) in [5.74, 6) is -0.330. The lowest BCUT2D eigenvalue weighted by Gasteiger charge is -2.39. The number of alkyl halides is 2. The van der Waals surface area contributed by atoms with Crippen LogP contribution in [0.4, 0.5) is 8.78 Å². The Morgan fingerprint density at radius 1 is 1.12 bits per heavy atom. The van der Waals surface area contributed by atoms with Crippen molar-refractivity contribution in [3.8, 4) is 0 Å². The lowest BCUT2D eigenvalue weighted by molar-refractivity contribution is 0.0657. The predicted octanol–water partition coefficient (Wildman–Crippen LogP) is 2.31. The number of halogens is 2. The van der Waals surface area contributed by atoms with Gasteiger partial charge in [-0.05, 0) is 25.0 Å². The van der Waals surface area contributed by atoms with E-state index in [0.29, 0.717) is 5.56 Å². The summed E-state index contributed by atoms with van der Waals surface area (Å²) in [6.07, 6.45) is 1.24. The topological polar surface area (TPSA) is 66.5 Å². The van der Waals surface area contributed by atoms with Crippen molar-refractivity contribution in [2.45, 2.75) is 43.4 Å². The van der Waals surface area contributed by atoms with Crippen LogP contribution in [-0.4, -0.2) is 43.6 Å². The quantitative estimate of drug-likeness (QED) is 0.878. The fraction of sp³-hybridized carbons (Fsp3) is 0.562. The highest BCUT2D eigenvalue weighted by molar-refractivity contribution is 7.90. The Kier molecular flexibility index (Phi) is 4.87. The van der Waals surface area contributed by atoms with Crippen molar-refractivity contribution in [3.05, 3.63) is 35.4 Å². The van der Waals surface area contributed by atoms with Crippen molar-refractivity contribution in [2.24, 2.45) is 0 Å². The van der Waals surface area contributed by atoms with Gasteiger partial charge in [0, 0.05) is 30.3 Å². The van der Waals surface area contributed by atoms with Crippen molar-refractivity contribution in [1.29, 1.82) is 0 Å². The SMILES string of the molecule is O=C(c1ccc(C(F)F)cc1)N1CC(S(=O)(=O)NC2CCCC2)C1. The number of rotatable bonds is 5. The van der Waals surface area contributed by atoms with E-state index < -0.39 is 21.7 Å². The number of likely N-dealkylation sites (tertiary alicyclic amines) is 1. The Bertz CT molecular complexity index is 695. The van der Waals surface area contributed by atoms with Crippen molar-refractivity contribution in [3.63, 3.8) is 0 Å². The molecule has 8 heteroatoms. The molecule has 1 aliphatic heterocycles. The van der Waals surface area contributed by atoms with Gasteiger partial charge in [-0.2, -0.15) is 0 Å². The van der Waals surface area contributed by atoms with Crippen molar-refractivity contribution in [1.82, 2.24) is 9.62 Å². The minimum Gasteiger partial charge on any atom is -0.336 e. The molecule has 1 heterocycles. The summed E-state index contributed by atoms with van der Waals surface area (Å²) in [5, 5.41) is -0.595. The Morgan fingerprint density at radius 3 is 2.25 bits per heavy atom. The zero-order valence-corrected chi connectivity index (χ0v) is 13.9. The molecule has 1 saturated carbocycles. The molecular formula is C16H20F2N2O3S. The maximum atomic E-state index is 12.5. The first-order chi connectivity index (χ1) is 11.4. The lowest BCUT2D eigenvalue weighted by atomic mass is 10.1. The number of nitrogens with zero attached hydrogens (tertiary/aromatic N) is 1. The molecule has 3 rings (SSSR count). The van der Waals surface area contributed by atoms with Crippen molar-refractivity contribution >= 4 is 15.9 Å². The minimum absolute atomic E-state index is 0.0154. The number of carbonyl (C=O) groups is 1. The molecule has 1 aromatic rings. The van der Waals surface area contributed by atoms with Gasteiger partial charge in [-0.3, -0.25) is 4.79 Å². The maximum Gasteiger partial charge on any atom is 0.263 e. The summed E-state index contributed by atoms with van der Waals surface area (Å²) in [7, 11) is -3.42. The van der Waals surface area contributed by atoms with Crippen molar-refractivity contribution < 1.29 is 22.0 Å². The molecule has 1 aromatic carbocycles. The molecule has 2 aliphatic rings. The van der Waals surface area contributed by atoms with Crippen molar-refractivity contribution in [2.75, 3.05) is 13.1 Å². The molecule has 0 unspecified atom stereocenters. The van der Waals surface area contributed by atoms with Crippen LogP contribution in [0.1, 0.15) is 48.0 Å². The molecule has 5 nitrogen and oxygen atoms in total. The number of sulfonamides is 1. The van der Waals surface area contributed by atoms with Crippen LogP contribution in [0.5, 0.6) is 0 Å². The van der Waals surface area contributed by atoms with Crippen LogP contribution >= 0.6 is 0 Å². The van der Waals surface area contributed by atoms with Gasteiger partial charge < -0.3 is 4.90 Å². The van der Waals surface area contributed by atoms with E-state index >= 15 is 0 Å². The fourth-order valence-electron chi connectivity index (χ4n) is 3.13. The average Bonchev–Trinajstić information content (AvgIpc) is 2.97. The van der Waals surface area contributed by atoms with E-state index in [1.807, 2.05) is 0 Å². The second-order valence-electron chi connectivity index (χ2n) is 6.40. The van der Waals surface area contributed by atoms with Crippen LogP contribution in [-0.2, 0) is 10.0 Å². The summed E-state index contributed by atoms with van der Waals surface area (Å²) in [6.45, 7) is 0.273. The highest BCUT2D eigenvalue weighted by Crippen LogP contribution is 2.24. The normalized spacial score (nSPS) is 19.7. The molecule has 1 amide bonds. The second-order valence-corrected chi connectivity index (χ2v) is 8.39. The summed E-state index contributed by atoms with van der Waals surface area (Å²) < 4.78 is 52.3. The van der Waals surface area contributed by atoms with Gasteiger partial charge in [0.15, 0.2) is 0 Å². The van der Waals surface area contributed by atoms with Crippen LogP contribution in [0.3, 0.4) is 0 Å². The molecule has 0 spiro atoms. The second kappa shape index (κ2) is 6.76. The largest absolute Gasteiger partial charge is 0.336 e. The standard InChI is InChI=1S/C16H20F2N2O3S/c17-15(18)11-5-7-12(8-6-11)16(21)20-9-14(10-20)24(22,23)19-13-3-1-2-4-13/h5-8,13-15,19H,1-4,9-10H2. The molecular weight excluding hydrogens is 338 g/mol. The fourth-order valence-corrected chi connectivity index (χ4v) is 4.77. The summed E-state index contributed by atoms with van der Waals surface area (Å²) >= 11 is 0.